The van der Waals surface area contributed by atoms with Crippen LogP contribution >= 0.6 is 11.6 Å². The van der Waals surface area contributed by atoms with Crippen molar-refractivity contribution in [2.45, 2.75) is 39.7 Å². The molecule has 1 aliphatic heterocycles. The number of hydrogen-bond acceptors (Lipinski definition) is 8. The third-order valence-corrected chi connectivity index (χ3v) is 7.27. The molecule has 0 unspecified atom stereocenters. The monoisotopic (exact) mass is 632 g/mol. The van der Waals surface area contributed by atoms with Crippen molar-refractivity contribution in [1.29, 1.82) is 0 Å². The Kier molecular flexibility index (Phi) is 12.1. The zero-order chi connectivity index (χ0) is 32.2. The number of esters is 1. The van der Waals surface area contributed by atoms with Crippen molar-refractivity contribution >= 4 is 35.1 Å². The third-order valence-electron chi connectivity index (χ3n) is 7.02. The maximum atomic E-state index is 13.7. The van der Waals surface area contributed by atoms with Crippen LogP contribution in [-0.4, -0.2) is 41.8 Å². The van der Waals surface area contributed by atoms with Crippen LogP contribution in [0.1, 0.15) is 49.0 Å². The van der Waals surface area contributed by atoms with Crippen molar-refractivity contribution in [1.82, 2.24) is 9.55 Å². The summed E-state index contributed by atoms with van der Waals surface area (Å²) < 4.78 is 17.6. The third kappa shape index (κ3) is 9.92. The number of amides is 1. The van der Waals surface area contributed by atoms with E-state index in [4.69, 9.17) is 25.8 Å². The topological polar surface area (TPSA) is 121 Å². The number of methoxy groups -OCH3 is 1. The number of nitrogens with one attached hydrogen (secondary N) is 2. The fourth-order valence-electron chi connectivity index (χ4n) is 4.66. The molecule has 236 valence electrons. The van der Waals surface area contributed by atoms with Crippen molar-refractivity contribution in [3.63, 3.8) is 0 Å². The van der Waals surface area contributed by atoms with Gasteiger partial charge in [0.2, 0.25) is 11.9 Å². The first kappa shape index (κ1) is 33.2. The van der Waals surface area contributed by atoms with Gasteiger partial charge in [0.1, 0.15) is 17.2 Å². The van der Waals surface area contributed by atoms with Crippen molar-refractivity contribution < 1.29 is 23.8 Å². The molecule has 1 aliphatic rings. The highest BCUT2D eigenvalue weighted by Crippen LogP contribution is 2.20. The molecule has 3 aromatic rings. The van der Waals surface area contributed by atoms with E-state index in [1.54, 1.807) is 54.6 Å². The Balaban J connectivity index is 1.57. The van der Waals surface area contributed by atoms with Gasteiger partial charge in [-0.25, -0.2) is 9.78 Å². The average molecular weight is 633 g/mol. The molecule has 11 heteroatoms. The second kappa shape index (κ2) is 16.4. The van der Waals surface area contributed by atoms with Gasteiger partial charge in [-0.15, -0.1) is 0 Å². The molecular formula is C34H37ClN4O6. The van der Waals surface area contributed by atoms with Crippen LogP contribution in [0, 0.1) is 5.92 Å². The molecule has 0 bridgehead atoms. The number of carbonyl (C=O) groups is 2. The van der Waals surface area contributed by atoms with E-state index in [2.05, 4.69) is 15.6 Å². The molecule has 1 aromatic heterocycles. The molecule has 2 N–H and O–H groups in total. The molecule has 10 nitrogen and oxygen atoms in total. The van der Waals surface area contributed by atoms with Gasteiger partial charge in [0.15, 0.2) is 0 Å². The van der Waals surface area contributed by atoms with Crippen molar-refractivity contribution in [2.24, 2.45) is 5.92 Å². The lowest BCUT2D eigenvalue weighted by molar-refractivity contribution is -0.117. The number of ether oxygens (including phenoxy) is 3. The molecular weight excluding hydrogens is 596 g/mol. The van der Waals surface area contributed by atoms with Gasteiger partial charge in [-0.1, -0.05) is 35.9 Å². The molecule has 1 fully saturated rings. The van der Waals surface area contributed by atoms with Crippen LogP contribution in [0.25, 0.3) is 0 Å². The van der Waals surface area contributed by atoms with Crippen molar-refractivity contribution in [3.05, 3.63) is 117 Å². The van der Waals surface area contributed by atoms with Crippen LogP contribution in [0.3, 0.4) is 0 Å². The van der Waals surface area contributed by atoms with Gasteiger partial charge in [0.05, 0.1) is 25.4 Å². The summed E-state index contributed by atoms with van der Waals surface area (Å²) in [6.07, 6.45) is 10.5. The highest BCUT2D eigenvalue weighted by molar-refractivity contribution is 6.30. The smallest absolute Gasteiger partial charge is 0.337 e. The molecule has 0 atom stereocenters. The van der Waals surface area contributed by atoms with Gasteiger partial charge in [-0.05, 0) is 86.7 Å². The van der Waals surface area contributed by atoms with Crippen molar-refractivity contribution in [2.75, 3.05) is 31.0 Å². The Morgan fingerprint density at radius 3 is 2.58 bits per heavy atom. The van der Waals surface area contributed by atoms with E-state index >= 15 is 0 Å². The first-order valence-corrected chi connectivity index (χ1v) is 15.0. The van der Waals surface area contributed by atoms with Gasteiger partial charge >= 0.3 is 5.97 Å². The predicted octanol–water partition coefficient (Wildman–Crippen LogP) is 6.34. The lowest BCUT2D eigenvalue weighted by Gasteiger charge is -2.21. The Bertz CT molecular complexity index is 1640. The molecule has 0 spiro atoms. The van der Waals surface area contributed by atoms with Crippen LogP contribution in [0.2, 0.25) is 5.02 Å². The number of halogens is 1. The molecule has 2 aromatic carbocycles. The van der Waals surface area contributed by atoms with E-state index in [1.165, 1.54) is 17.9 Å². The van der Waals surface area contributed by atoms with Crippen molar-refractivity contribution in [3.8, 4) is 5.75 Å². The fourth-order valence-corrected chi connectivity index (χ4v) is 4.79. The molecule has 0 radical (unpaired) electrons. The van der Waals surface area contributed by atoms with E-state index in [0.29, 0.717) is 53.4 Å². The van der Waals surface area contributed by atoms with Crippen LogP contribution in [-0.2, 0) is 20.8 Å². The molecule has 2 heterocycles. The number of allylic oxidation sites excluding steroid dienone is 5. The summed E-state index contributed by atoms with van der Waals surface area (Å²) in [5, 5.41) is 6.54. The number of benzene rings is 2. The lowest BCUT2D eigenvalue weighted by Crippen LogP contribution is -2.30. The molecule has 0 aliphatic carbocycles. The summed E-state index contributed by atoms with van der Waals surface area (Å²) in [5.74, 6) is 0.800. The van der Waals surface area contributed by atoms with Gasteiger partial charge in [0, 0.05) is 30.4 Å². The summed E-state index contributed by atoms with van der Waals surface area (Å²) >= 11 is 6.07. The van der Waals surface area contributed by atoms with Gasteiger partial charge < -0.3 is 24.8 Å². The Labute approximate surface area is 267 Å². The average Bonchev–Trinajstić information content (AvgIpc) is 3.04. The largest absolute Gasteiger partial charge is 0.465 e. The normalized spacial score (nSPS) is 14.3. The summed E-state index contributed by atoms with van der Waals surface area (Å²) in [7, 11) is 1.32. The van der Waals surface area contributed by atoms with Crippen LogP contribution < -0.4 is 20.9 Å². The van der Waals surface area contributed by atoms with E-state index in [0.717, 1.165) is 18.4 Å². The van der Waals surface area contributed by atoms with Gasteiger partial charge in [-0.3, -0.25) is 14.2 Å². The maximum Gasteiger partial charge on any atom is 0.337 e. The number of hydrogen-bond donors (Lipinski definition) is 2. The molecule has 4 rings (SSSR count). The predicted molar refractivity (Wildman–Crippen MR) is 175 cm³/mol. The first-order valence-electron chi connectivity index (χ1n) is 14.6. The van der Waals surface area contributed by atoms with Gasteiger partial charge in [-0.2, -0.15) is 0 Å². The Hall–Kier alpha value is -4.67. The number of rotatable bonds is 12. The fraction of sp³-hybridized carbons (Fsp3) is 0.294. The summed E-state index contributed by atoms with van der Waals surface area (Å²) in [5.41, 5.74) is 1.57. The second-order valence-corrected chi connectivity index (χ2v) is 10.9. The van der Waals surface area contributed by atoms with E-state index < -0.39 is 11.5 Å². The standard InChI is InChI=1S/C34H37ClN4O6/c1-4-6-28(45-29-8-5-7-26(20-29)33(42)43-3)14-9-23(2)37-34-36-21-30(38-31(40)19-24-15-17-44-18-16-24)32(41)39(34)22-25-10-12-27(35)13-11-25/h4-14,20-21,24H,15-19,22H2,1-3H3,(H,36,37)(H,38,40)/b6-4-,23-9+,28-14+. The maximum absolute atomic E-state index is 13.7. The minimum Gasteiger partial charge on any atom is -0.465 e. The van der Waals surface area contributed by atoms with Crippen LogP contribution in [0.15, 0.2) is 95.3 Å². The summed E-state index contributed by atoms with van der Waals surface area (Å²) in [6.45, 7) is 5.16. The Morgan fingerprint density at radius 1 is 1.11 bits per heavy atom. The number of aromatic nitrogens is 2. The second-order valence-electron chi connectivity index (χ2n) is 10.5. The number of carbonyl (C=O) groups excluding carboxylic acids is 2. The number of anilines is 2. The Morgan fingerprint density at radius 2 is 1.87 bits per heavy atom. The van der Waals surface area contributed by atoms with Crippen LogP contribution in [0.5, 0.6) is 5.75 Å². The van der Waals surface area contributed by atoms with E-state index in [1.807, 2.05) is 32.1 Å². The molecule has 1 amide bonds. The molecule has 1 saturated heterocycles. The highest BCUT2D eigenvalue weighted by atomic mass is 35.5. The number of nitrogens with zero attached hydrogens (tertiary/aromatic N) is 2. The summed E-state index contributed by atoms with van der Waals surface area (Å²) in [4.78, 5) is 42.9. The highest BCUT2D eigenvalue weighted by Gasteiger charge is 2.19. The van der Waals surface area contributed by atoms with E-state index in [9.17, 15) is 14.4 Å². The van der Waals surface area contributed by atoms with E-state index in [-0.39, 0.29) is 24.1 Å². The molecule has 45 heavy (non-hydrogen) atoms. The minimum atomic E-state index is -0.459. The van der Waals surface area contributed by atoms with Crippen LogP contribution in [0.4, 0.5) is 11.6 Å². The van der Waals surface area contributed by atoms with Gasteiger partial charge in [0.25, 0.3) is 5.56 Å². The quantitative estimate of drug-likeness (QED) is 0.135. The first-order chi connectivity index (χ1) is 21.7. The summed E-state index contributed by atoms with van der Waals surface area (Å²) in [6, 6.07) is 13.9. The minimum absolute atomic E-state index is 0.103. The lowest BCUT2D eigenvalue weighted by atomic mass is 9.96. The molecule has 0 saturated carbocycles. The zero-order valence-corrected chi connectivity index (χ0v) is 26.3. The zero-order valence-electron chi connectivity index (χ0n) is 25.5. The SMILES string of the molecule is C\C=C/C(=C\C=C(/C)Nc1ncc(NC(=O)CC2CCOCC2)c(=O)n1Cc1ccc(Cl)cc1)Oc1cccc(C(=O)OC)c1.